The molecule has 1 N–H and O–H groups in total. The number of aryl methyl sites for hydroxylation is 1. The number of halogens is 1. The first-order valence-electron chi connectivity index (χ1n) is 6.60. The van der Waals surface area contributed by atoms with E-state index < -0.39 is 0 Å². The van der Waals surface area contributed by atoms with Gasteiger partial charge in [-0.1, -0.05) is 29.8 Å². The Morgan fingerprint density at radius 1 is 1.27 bits per heavy atom. The molecule has 6 heteroatoms. The van der Waals surface area contributed by atoms with Crippen molar-refractivity contribution in [2.24, 2.45) is 12.1 Å². The number of rotatable bonds is 3. The summed E-state index contributed by atoms with van der Waals surface area (Å²) in [5, 5.41) is 14.1. The standard InChI is InChI=1S/C16H12ClN5/c1-22-15-8-3-2-7-13(15)19-16(22)14(10-18)21-20-12-6-4-5-11(17)9-12/h2-9,20H,1H3. The van der Waals surface area contributed by atoms with Gasteiger partial charge in [-0.15, -0.1) is 0 Å². The van der Waals surface area contributed by atoms with Gasteiger partial charge in [-0.2, -0.15) is 10.4 Å². The van der Waals surface area contributed by atoms with Gasteiger partial charge in [0.05, 0.1) is 16.7 Å². The molecule has 0 saturated carbocycles. The fraction of sp³-hybridized carbons (Fsp3) is 0.0625. The number of hydrazone groups is 1. The molecular formula is C16H12ClN5. The second-order valence-corrected chi connectivity index (χ2v) is 5.11. The smallest absolute Gasteiger partial charge is 0.203 e. The Morgan fingerprint density at radius 2 is 2.09 bits per heavy atom. The molecule has 2 aromatic carbocycles. The summed E-state index contributed by atoms with van der Waals surface area (Å²) >= 11 is 5.92. The van der Waals surface area contributed by atoms with Crippen LogP contribution in [0.1, 0.15) is 5.82 Å². The van der Waals surface area contributed by atoms with Gasteiger partial charge in [0.15, 0.2) is 5.82 Å². The zero-order valence-electron chi connectivity index (χ0n) is 11.8. The predicted molar refractivity (Wildman–Crippen MR) is 87.9 cm³/mol. The highest BCUT2D eigenvalue weighted by molar-refractivity contribution is 6.30. The number of nitriles is 1. The molecule has 3 aromatic rings. The van der Waals surface area contributed by atoms with Crippen molar-refractivity contribution in [3.63, 3.8) is 0 Å². The van der Waals surface area contributed by atoms with Crippen LogP contribution >= 0.6 is 11.6 Å². The van der Waals surface area contributed by atoms with E-state index >= 15 is 0 Å². The van der Waals surface area contributed by atoms with Crippen LogP contribution in [-0.4, -0.2) is 15.3 Å². The molecule has 0 atom stereocenters. The van der Waals surface area contributed by atoms with E-state index in [2.05, 4.69) is 21.6 Å². The topological polar surface area (TPSA) is 66.0 Å². The Morgan fingerprint density at radius 3 is 2.82 bits per heavy atom. The first-order valence-corrected chi connectivity index (χ1v) is 6.98. The van der Waals surface area contributed by atoms with Gasteiger partial charge in [0.1, 0.15) is 6.07 Å². The molecule has 0 fully saturated rings. The molecule has 0 aliphatic carbocycles. The number of aromatic nitrogens is 2. The van der Waals surface area contributed by atoms with Crippen molar-refractivity contribution in [3.8, 4) is 6.07 Å². The van der Waals surface area contributed by atoms with Crippen molar-refractivity contribution in [2.75, 3.05) is 5.43 Å². The van der Waals surface area contributed by atoms with Crippen molar-refractivity contribution in [1.82, 2.24) is 9.55 Å². The van der Waals surface area contributed by atoms with Crippen LogP contribution in [0.4, 0.5) is 5.69 Å². The van der Waals surface area contributed by atoms with E-state index in [9.17, 15) is 5.26 Å². The molecule has 0 bridgehead atoms. The van der Waals surface area contributed by atoms with Gasteiger partial charge < -0.3 is 4.57 Å². The fourth-order valence-electron chi connectivity index (χ4n) is 2.16. The summed E-state index contributed by atoms with van der Waals surface area (Å²) < 4.78 is 1.84. The SMILES string of the molecule is Cn1c(C(C#N)=NNc2cccc(Cl)c2)nc2ccccc21. The minimum Gasteiger partial charge on any atom is -0.325 e. The van der Waals surface area contributed by atoms with E-state index in [1.54, 1.807) is 18.2 Å². The Hall–Kier alpha value is -2.84. The van der Waals surface area contributed by atoms with E-state index in [0.29, 0.717) is 16.5 Å². The maximum atomic E-state index is 9.36. The Labute approximate surface area is 132 Å². The lowest BCUT2D eigenvalue weighted by atomic mass is 10.3. The van der Waals surface area contributed by atoms with E-state index in [1.165, 1.54) is 0 Å². The number of nitrogens with one attached hydrogen (secondary N) is 1. The van der Waals surface area contributed by atoms with Crippen molar-refractivity contribution in [3.05, 3.63) is 59.4 Å². The van der Waals surface area contributed by atoms with Crippen LogP contribution in [0, 0.1) is 11.3 Å². The lowest BCUT2D eigenvalue weighted by Crippen LogP contribution is -2.08. The van der Waals surface area contributed by atoms with Crippen molar-refractivity contribution in [1.29, 1.82) is 5.26 Å². The van der Waals surface area contributed by atoms with Gasteiger partial charge in [-0.3, -0.25) is 5.43 Å². The first-order chi connectivity index (χ1) is 10.7. The quantitative estimate of drug-likeness (QED) is 0.594. The first kappa shape index (κ1) is 14.1. The van der Waals surface area contributed by atoms with Gasteiger partial charge in [-0.25, -0.2) is 4.98 Å². The maximum Gasteiger partial charge on any atom is 0.203 e. The average molecular weight is 310 g/mol. The summed E-state index contributed by atoms with van der Waals surface area (Å²) in [6.07, 6.45) is 0. The molecule has 1 heterocycles. The highest BCUT2D eigenvalue weighted by Crippen LogP contribution is 2.17. The summed E-state index contributed by atoms with van der Waals surface area (Å²) in [5.41, 5.74) is 5.52. The zero-order chi connectivity index (χ0) is 15.5. The van der Waals surface area contributed by atoms with Crippen LogP contribution in [0.2, 0.25) is 5.02 Å². The van der Waals surface area contributed by atoms with Crippen molar-refractivity contribution in [2.45, 2.75) is 0 Å². The van der Waals surface area contributed by atoms with Crippen LogP contribution in [0.3, 0.4) is 0 Å². The lowest BCUT2D eigenvalue weighted by Gasteiger charge is -2.03. The van der Waals surface area contributed by atoms with Gasteiger partial charge in [-0.05, 0) is 30.3 Å². The molecule has 0 saturated heterocycles. The van der Waals surface area contributed by atoms with E-state index in [4.69, 9.17) is 11.6 Å². The largest absolute Gasteiger partial charge is 0.325 e. The summed E-state index contributed by atoms with van der Waals surface area (Å²) in [4.78, 5) is 4.46. The van der Waals surface area contributed by atoms with Gasteiger partial charge >= 0.3 is 0 Å². The molecule has 3 rings (SSSR count). The number of para-hydroxylation sites is 2. The zero-order valence-corrected chi connectivity index (χ0v) is 12.5. The molecule has 0 spiro atoms. The van der Waals surface area contributed by atoms with Gasteiger partial charge in [0.2, 0.25) is 5.71 Å². The van der Waals surface area contributed by atoms with Gasteiger partial charge in [0.25, 0.3) is 0 Å². The third-order valence-electron chi connectivity index (χ3n) is 3.23. The summed E-state index contributed by atoms with van der Waals surface area (Å²) in [7, 11) is 1.86. The molecule has 0 radical (unpaired) electrons. The number of hydrogen-bond donors (Lipinski definition) is 1. The summed E-state index contributed by atoms with van der Waals surface area (Å²) in [5.74, 6) is 0.512. The summed E-state index contributed by atoms with van der Waals surface area (Å²) in [6, 6.07) is 16.9. The highest BCUT2D eigenvalue weighted by atomic mass is 35.5. The molecule has 5 nitrogen and oxygen atoms in total. The number of fused-ring (bicyclic) bond motifs is 1. The number of hydrogen-bond acceptors (Lipinski definition) is 4. The van der Waals surface area contributed by atoms with Gasteiger partial charge in [0, 0.05) is 12.1 Å². The van der Waals surface area contributed by atoms with E-state index in [1.807, 2.05) is 41.9 Å². The second kappa shape index (κ2) is 5.88. The molecule has 1 aromatic heterocycles. The fourth-order valence-corrected chi connectivity index (χ4v) is 2.35. The van der Waals surface area contributed by atoms with Crippen molar-refractivity contribution >= 4 is 34.0 Å². The average Bonchev–Trinajstić information content (AvgIpc) is 2.86. The Balaban J connectivity index is 1.98. The van der Waals surface area contributed by atoms with Crippen LogP contribution in [-0.2, 0) is 7.05 Å². The number of anilines is 1. The lowest BCUT2D eigenvalue weighted by molar-refractivity contribution is 0.929. The normalized spacial score (nSPS) is 11.4. The molecule has 22 heavy (non-hydrogen) atoms. The third-order valence-corrected chi connectivity index (χ3v) is 3.46. The molecule has 0 aliphatic rings. The monoisotopic (exact) mass is 309 g/mol. The minimum absolute atomic E-state index is 0.207. The molecule has 0 unspecified atom stereocenters. The number of imidazole rings is 1. The summed E-state index contributed by atoms with van der Waals surface area (Å²) in [6.45, 7) is 0. The number of nitrogens with zero attached hydrogens (tertiary/aromatic N) is 4. The van der Waals surface area contributed by atoms with E-state index in [0.717, 1.165) is 11.0 Å². The van der Waals surface area contributed by atoms with E-state index in [-0.39, 0.29) is 5.71 Å². The Kier molecular flexibility index (Phi) is 3.77. The van der Waals surface area contributed by atoms with Crippen LogP contribution < -0.4 is 5.43 Å². The predicted octanol–water partition coefficient (Wildman–Crippen LogP) is 3.57. The minimum atomic E-state index is 0.207. The van der Waals surface area contributed by atoms with Crippen LogP contribution in [0.15, 0.2) is 53.6 Å². The molecule has 0 amide bonds. The molecule has 108 valence electrons. The Bertz CT molecular complexity index is 904. The van der Waals surface area contributed by atoms with Crippen LogP contribution in [0.25, 0.3) is 11.0 Å². The molecule has 0 aliphatic heterocycles. The second-order valence-electron chi connectivity index (χ2n) is 4.68. The highest BCUT2D eigenvalue weighted by Gasteiger charge is 2.13. The van der Waals surface area contributed by atoms with Crippen molar-refractivity contribution < 1.29 is 0 Å². The third kappa shape index (κ3) is 2.65. The maximum absolute atomic E-state index is 9.36. The number of benzene rings is 2. The molecular weight excluding hydrogens is 298 g/mol. The van der Waals surface area contributed by atoms with Crippen LogP contribution in [0.5, 0.6) is 0 Å².